The number of benzene rings is 2. The Balaban J connectivity index is 1.89. The minimum atomic E-state index is -4.25. The monoisotopic (exact) mass is 431 g/mol. The summed E-state index contributed by atoms with van der Waals surface area (Å²) < 4.78 is 53.0. The predicted octanol–water partition coefficient (Wildman–Crippen LogP) is 1.53. The van der Waals surface area contributed by atoms with Crippen molar-refractivity contribution < 1.29 is 22.0 Å². The van der Waals surface area contributed by atoms with Crippen LogP contribution in [-0.4, -0.2) is 30.7 Å². The first-order valence-corrected chi connectivity index (χ1v) is 10.1. The van der Waals surface area contributed by atoms with Crippen molar-refractivity contribution in [3.05, 3.63) is 66.0 Å². The molecule has 0 saturated heterocycles. The Hall–Kier alpha value is -3.44. The number of amides is 1. The lowest BCUT2D eigenvalue weighted by Crippen LogP contribution is -2.51. The molecule has 2 atom stereocenters. The second kappa shape index (κ2) is 6.82. The highest BCUT2D eigenvalue weighted by atomic mass is 32.2. The number of rotatable bonds is 4. The van der Waals surface area contributed by atoms with E-state index in [0.717, 1.165) is 12.1 Å². The van der Waals surface area contributed by atoms with Crippen LogP contribution in [0.3, 0.4) is 0 Å². The number of H-pyrrole nitrogens is 1. The fraction of sp³-hybridized carbons (Fsp3) is 0.105. The quantitative estimate of drug-likeness (QED) is 0.574. The Morgan fingerprint density at radius 3 is 2.47 bits per heavy atom. The van der Waals surface area contributed by atoms with Crippen LogP contribution in [0.25, 0.3) is 10.9 Å². The van der Waals surface area contributed by atoms with E-state index in [0.29, 0.717) is 17.0 Å². The van der Waals surface area contributed by atoms with E-state index in [1.807, 2.05) is 0 Å². The minimum absolute atomic E-state index is 0.219. The highest BCUT2D eigenvalue weighted by Crippen LogP contribution is 2.34. The molecule has 1 aliphatic rings. The summed E-state index contributed by atoms with van der Waals surface area (Å²) >= 11 is 0. The Labute approximate surface area is 169 Å². The number of nitrogens with zero attached hydrogens (tertiary/aromatic N) is 2. The van der Waals surface area contributed by atoms with Gasteiger partial charge < -0.3 is 11.5 Å². The number of aromatic amines is 1. The van der Waals surface area contributed by atoms with Gasteiger partial charge >= 0.3 is 0 Å². The largest absolute Gasteiger partial charge is 0.369 e. The molecule has 2 aromatic carbocycles. The normalized spacial score (nSPS) is 21.2. The zero-order chi connectivity index (χ0) is 21.7. The maximum absolute atomic E-state index is 13.6. The van der Waals surface area contributed by atoms with Crippen molar-refractivity contribution in [3.8, 4) is 0 Å². The van der Waals surface area contributed by atoms with Gasteiger partial charge in [0.25, 0.3) is 0 Å². The third kappa shape index (κ3) is 3.08. The number of aliphatic imine (C=N–C) groups is 1. The first-order chi connectivity index (χ1) is 14.1. The molecule has 2 heterocycles. The summed E-state index contributed by atoms with van der Waals surface area (Å²) in [6.07, 6.45) is 4.14. The van der Waals surface area contributed by atoms with Crippen LogP contribution >= 0.6 is 0 Å². The van der Waals surface area contributed by atoms with E-state index < -0.39 is 43.7 Å². The number of carbonyl (C=O) groups excluding carboxylic acids is 1. The number of primary amides is 1. The van der Waals surface area contributed by atoms with Crippen molar-refractivity contribution >= 4 is 32.9 Å². The van der Waals surface area contributed by atoms with Crippen LogP contribution in [0.2, 0.25) is 0 Å². The number of halogens is 2. The molecule has 0 spiro atoms. The Bertz CT molecular complexity index is 1330. The third-order valence-electron chi connectivity index (χ3n) is 4.89. The van der Waals surface area contributed by atoms with Crippen molar-refractivity contribution in [2.45, 2.75) is 15.3 Å². The molecule has 2 unspecified atom stereocenters. The topological polar surface area (TPSA) is 144 Å². The lowest BCUT2D eigenvalue weighted by atomic mass is 9.80. The highest BCUT2D eigenvalue weighted by Gasteiger charge is 2.41. The standard InChI is InChI=1S/C19H15F2N5O3S/c20-10-5-11(21)7-13(6-10)30(28,29)12-1-2-16-14(8-12)17(26-25-16)19(23)9-24-4-3-15(19)18(22)27/h1-9,15H,23H2,(H2,22,27)(H,25,26). The molecule has 0 radical (unpaired) electrons. The van der Waals surface area contributed by atoms with Crippen molar-refractivity contribution in [1.29, 1.82) is 0 Å². The summed E-state index contributed by atoms with van der Waals surface area (Å²) in [7, 11) is -4.25. The molecule has 1 aliphatic heterocycles. The zero-order valence-electron chi connectivity index (χ0n) is 15.2. The molecule has 1 aromatic heterocycles. The van der Waals surface area contributed by atoms with Gasteiger partial charge in [-0.15, -0.1) is 0 Å². The van der Waals surface area contributed by atoms with Crippen LogP contribution in [0.15, 0.2) is 63.5 Å². The van der Waals surface area contributed by atoms with Crippen LogP contribution in [0, 0.1) is 17.6 Å². The predicted molar refractivity (Wildman–Crippen MR) is 104 cm³/mol. The van der Waals surface area contributed by atoms with Gasteiger partial charge in [0.05, 0.1) is 26.9 Å². The van der Waals surface area contributed by atoms with Crippen LogP contribution in [0.1, 0.15) is 5.69 Å². The second-order valence-corrected chi connectivity index (χ2v) is 8.77. The molecule has 0 aliphatic carbocycles. The molecular formula is C19H15F2N5O3S. The molecule has 4 rings (SSSR count). The van der Waals surface area contributed by atoms with Crippen LogP contribution < -0.4 is 11.5 Å². The highest BCUT2D eigenvalue weighted by molar-refractivity contribution is 7.91. The lowest BCUT2D eigenvalue weighted by molar-refractivity contribution is -0.121. The van der Waals surface area contributed by atoms with Gasteiger partial charge in [-0.3, -0.25) is 14.9 Å². The van der Waals surface area contributed by atoms with E-state index in [1.165, 1.54) is 36.7 Å². The molecule has 5 N–H and O–H groups in total. The van der Waals surface area contributed by atoms with E-state index in [4.69, 9.17) is 11.5 Å². The molecule has 8 nitrogen and oxygen atoms in total. The molecule has 3 aromatic rings. The molecule has 1 amide bonds. The average molecular weight is 431 g/mol. The van der Waals surface area contributed by atoms with Gasteiger partial charge in [-0.05, 0) is 30.3 Å². The second-order valence-electron chi connectivity index (χ2n) is 6.82. The molecule has 0 fully saturated rings. The van der Waals surface area contributed by atoms with Gasteiger partial charge in [-0.25, -0.2) is 17.2 Å². The van der Waals surface area contributed by atoms with E-state index >= 15 is 0 Å². The van der Waals surface area contributed by atoms with E-state index in [-0.39, 0.29) is 10.6 Å². The Morgan fingerprint density at radius 2 is 1.80 bits per heavy atom. The zero-order valence-corrected chi connectivity index (χ0v) is 16.0. The summed E-state index contributed by atoms with van der Waals surface area (Å²) in [6.45, 7) is 0. The fourth-order valence-corrected chi connectivity index (χ4v) is 4.73. The van der Waals surface area contributed by atoms with Crippen molar-refractivity contribution in [2.75, 3.05) is 0 Å². The third-order valence-corrected chi connectivity index (χ3v) is 6.62. The van der Waals surface area contributed by atoms with Crippen LogP contribution in [0.5, 0.6) is 0 Å². The number of fused-ring (bicyclic) bond motifs is 1. The smallest absolute Gasteiger partial charge is 0.227 e. The van der Waals surface area contributed by atoms with Crippen molar-refractivity contribution in [3.63, 3.8) is 0 Å². The summed E-state index contributed by atoms with van der Waals surface area (Å²) in [5.41, 5.74) is 11.0. The summed E-state index contributed by atoms with van der Waals surface area (Å²) in [6, 6.07) is 5.97. The van der Waals surface area contributed by atoms with Gasteiger partial charge in [-0.2, -0.15) is 5.10 Å². The number of hydrogen-bond acceptors (Lipinski definition) is 6. The number of aromatic nitrogens is 2. The van der Waals surface area contributed by atoms with E-state index in [9.17, 15) is 22.0 Å². The average Bonchev–Trinajstić information content (AvgIpc) is 3.11. The molecule has 11 heteroatoms. The maximum Gasteiger partial charge on any atom is 0.227 e. The van der Waals surface area contributed by atoms with Gasteiger partial charge in [0.15, 0.2) is 0 Å². The van der Waals surface area contributed by atoms with E-state index in [2.05, 4.69) is 15.2 Å². The van der Waals surface area contributed by atoms with Gasteiger partial charge in [0.1, 0.15) is 17.2 Å². The molecule has 0 bridgehead atoms. The number of carbonyl (C=O) groups is 1. The van der Waals surface area contributed by atoms with E-state index in [1.54, 1.807) is 0 Å². The molecule has 0 saturated carbocycles. The van der Waals surface area contributed by atoms with Gasteiger partial charge in [0, 0.05) is 23.9 Å². The molecule has 154 valence electrons. The fourth-order valence-electron chi connectivity index (χ4n) is 3.40. The van der Waals surface area contributed by atoms with Crippen LogP contribution in [0.4, 0.5) is 8.78 Å². The Morgan fingerprint density at radius 1 is 1.10 bits per heavy atom. The first kappa shape index (κ1) is 19.9. The van der Waals surface area contributed by atoms with Crippen molar-refractivity contribution in [2.24, 2.45) is 22.4 Å². The summed E-state index contributed by atoms with van der Waals surface area (Å²) in [4.78, 5) is 15.1. The molecule has 30 heavy (non-hydrogen) atoms. The first-order valence-electron chi connectivity index (χ1n) is 8.62. The number of nitrogens with one attached hydrogen (secondary N) is 1. The summed E-state index contributed by atoms with van der Waals surface area (Å²) in [5.74, 6) is -3.71. The minimum Gasteiger partial charge on any atom is -0.369 e. The molecular weight excluding hydrogens is 416 g/mol. The number of sulfone groups is 1. The van der Waals surface area contributed by atoms with Gasteiger partial charge in [-0.1, -0.05) is 6.08 Å². The van der Waals surface area contributed by atoms with Crippen molar-refractivity contribution in [1.82, 2.24) is 10.2 Å². The number of nitrogens with two attached hydrogens (primary N) is 2. The van der Waals surface area contributed by atoms with Crippen LogP contribution in [-0.2, 0) is 20.2 Å². The SMILES string of the molecule is NC(=O)C1C=CN=CC1(N)c1[nH]nc2ccc(S(=O)(=O)c3cc(F)cc(F)c3)cc12. The van der Waals surface area contributed by atoms with Gasteiger partial charge in [0.2, 0.25) is 15.7 Å². The Kier molecular flexibility index (Phi) is 4.51. The lowest BCUT2D eigenvalue weighted by Gasteiger charge is -2.31. The maximum atomic E-state index is 13.6. The number of hydrogen-bond donors (Lipinski definition) is 3. The summed E-state index contributed by atoms with van der Waals surface area (Å²) in [5, 5.41) is 7.12.